The normalized spacial score (nSPS) is 25.5. The maximum Gasteiger partial charge on any atom is 0.509 e. The van der Waals surface area contributed by atoms with E-state index in [-0.39, 0.29) is 5.92 Å². The van der Waals surface area contributed by atoms with Crippen molar-refractivity contribution in [3.05, 3.63) is 23.8 Å². The van der Waals surface area contributed by atoms with Crippen LogP contribution in [0.25, 0.3) is 0 Å². The number of carbonyl (C=O) groups excluding carboxylic acids is 2. The molecule has 0 radical (unpaired) electrons. The monoisotopic (exact) mass is 294 g/mol. The van der Waals surface area contributed by atoms with Gasteiger partial charge in [-0.15, -0.1) is 0 Å². The van der Waals surface area contributed by atoms with Gasteiger partial charge in [-0.05, 0) is 39.0 Å². The van der Waals surface area contributed by atoms with Crippen LogP contribution in [0.1, 0.15) is 52.9 Å². The molecule has 0 bridgehead atoms. The molecule has 1 rings (SSSR count). The fourth-order valence-electron chi connectivity index (χ4n) is 2.43. The largest absolute Gasteiger partial charge is 0.509 e. The highest BCUT2D eigenvalue weighted by atomic mass is 16.7. The first kappa shape index (κ1) is 17.5. The summed E-state index contributed by atoms with van der Waals surface area (Å²) in [5.74, 6) is -0.121. The average Bonchev–Trinajstić information content (AvgIpc) is 2.46. The van der Waals surface area contributed by atoms with Crippen LogP contribution in [0.5, 0.6) is 0 Å². The van der Waals surface area contributed by atoms with E-state index in [4.69, 9.17) is 9.47 Å². The smallest absolute Gasteiger partial charge is 0.434 e. The summed E-state index contributed by atoms with van der Waals surface area (Å²) in [6.45, 7) is 6.29. The second-order valence-electron chi connectivity index (χ2n) is 5.60. The molecule has 118 valence electrons. The summed E-state index contributed by atoms with van der Waals surface area (Å²) in [5, 5.41) is 0. The Morgan fingerprint density at radius 2 is 2.24 bits per heavy atom. The molecule has 4 heteroatoms. The van der Waals surface area contributed by atoms with E-state index >= 15 is 0 Å². The molecule has 2 unspecified atom stereocenters. The zero-order valence-corrected chi connectivity index (χ0v) is 13.3. The summed E-state index contributed by atoms with van der Waals surface area (Å²) >= 11 is 0. The zero-order chi connectivity index (χ0) is 15.7. The highest BCUT2D eigenvalue weighted by Gasteiger charge is 2.41. The van der Waals surface area contributed by atoms with E-state index in [1.54, 1.807) is 0 Å². The third-order valence-electron chi connectivity index (χ3n) is 3.83. The molecule has 0 aromatic heterocycles. The van der Waals surface area contributed by atoms with Crippen LogP contribution in [0.2, 0.25) is 0 Å². The summed E-state index contributed by atoms with van der Waals surface area (Å²) < 4.78 is 10.4. The lowest BCUT2D eigenvalue weighted by atomic mass is 9.79. The zero-order valence-electron chi connectivity index (χ0n) is 13.3. The Balaban J connectivity index is 2.41. The van der Waals surface area contributed by atoms with Gasteiger partial charge in [0.1, 0.15) is 0 Å². The van der Waals surface area contributed by atoms with E-state index in [9.17, 15) is 9.59 Å². The molecule has 1 aliphatic carbocycles. The molecule has 0 saturated heterocycles. The first-order valence-corrected chi connectivity index (χ1v) is 7.68. The van der Waals surface area contributed by atoms with Gasteiger partial charge in [0.25, 0.3) is 0 Å². The molecular weight excluding hydrogens is 268 g/mol. The topological polar surface area (TPSA) is 52.6 Å². The van der Waals surface area contributed by atoms with Crippen LogP contribution < -0.4 is 0 Å². The Hall–Kier alpha value is -1.58. The Morgan fingerprint density at radius 1 is 1.48 bits per heavy atom. The Labute approximate surface area is 127 Å². The van der Waals surface area contributed by atoms with Crippen molar-refractivity contribution in [2.24, 2.45) is 5.92 Å². The van der Waals surface area contributed by atoms with Crippen LogP contribution >= 0.6 is 0 Å². The molecule has 0 spiro atoms. The van der Waals surface area contributed by atoms with Crippen molar-refractivity contribution in [1.29, 1.82) is 0 Å². The number of hydrogen-bond donors (Lipinski definition) is 0. The molecule has 1 aliphatic rings. The molecule has 0 amide bonds. The van der Waals surface area contributed by atoms with E-state index in [0.29, 0.717) is 13.0 Å². The lowest BCUT2D eigenvalue weighted by Crippen LogP contribution is -2.44. The highest BCUT2D eigenvalue weighted by Crippen LogP contribution is 2.34. The van der Waals surface area contributed by atoms with E-state index < -0.39 is 11.8 Å². The van der Waals surface area contributed by atoms with Gasteiger partial charge in [-0.25, -0.2) is 4.79 Å². The molecule has 4 nitrogen and oxygen atoms in total. The van der Waals surface area contributed by atoms with Crippen molar-refractivity contribution in [1.82, 2.24) is 0 Å². The molecular formula is C17H26O4. The standard InChI is InChI=1S/C17H26O4/c1-4-5-6-7-8-11-20-16(19)21-17(13-18)10-9-14(2)12-15(17)3/h5-6,12-13,15H,4,7-11H2,1-3H3/b6-5-. The van der Waals surface area contributed by atoms with Crippen LogP contribution in [-0.4, -0.2) is 24.6 Å². The average molecular weight is 294 g/mol. The number of aldehydes is 1. The summed E-state index contributed by atoms with van der Waals surface area (Å²) in [6.07, 6.45) is 10.1. The van der Waals surface area contributed by atoms with Gasteiger partial charge in [0.05, 0.1) is 6.61 Å². The van der Waals surface area contributed by atoms with Crippen molar-refractivity contribution in [3.63, 3.8) is 0 Å². The van der Waals surface area contributed by atoms with Gasteiger partial charge >= 0.3 is 6.16 Å². The fourth-order valence-corrected chi connectivity index (χ4v) is 2.43. The third-order valence-corrected chi connectivity index (χ3v) is 3.83. The molecule has 2 atom stereocenters. The number of hydrogen-bond acceptors (Lipinski definition) is 4. The molecule has 0 heterocycles. The van der Waals surface area contributed by atoms with Crippen LogP contribution in [0.15, 0.2) is 23.8 Å². The van der Waals surface area contributed by atoms with Gasteiger partial charge in [-0.2, -0.15) is 0 Å². The summed E-state index contributed by atoms with van der Waals surface area (Å²) in [7, 11) is 0. The second-order valence-corrected chi connectivity index (χ2v) is 5.60. The summed E-state index contributed by atoms with van der Waals surface area (Å²) in [5.41, 5.74) is 0.151. The number of carbonyl (C=O) groups is 2. The number of unbranched alkanes of at least 4 members (excludes halogenated alkanes) is 1. The van der Waals surface area contributed by atoms with Crippen molar-refractivity contribution in [2.75, 3.05) is 6.61 Å². The van der Waals surface area contributed by atoms with Crippen molar-refractivity contribution in [2.45, 2.75) is 58.5 Å². The fraction of sp³-hybridized carbons (Fsp3) is 0.647. The van der Waals surface area contributed by atoms with Crippen molar-refractivity contribution >= 4 is 12.4 Å². The minimum atomic E-state index is -1.07. The van der Waals surface area contributed by atoms with E-state index in [1.807, 2.05) is 19.9 Å². The van der Waals surface area contributed by atoms with Crippen LogP contribution in [-0.2, 0) is 14.3 Å². The molecule has 0 aliphatic heterocycles. The first-order valence-electron chi connectivity index (χ1n) is 7.68. The van der Waals surface area contributed by atoms with Crippen molar-refractivity contribution in [3.8, 4) is 0 Å². The molecule has 0 aromatic carbocycles. The molecule has 0 aromatic rings. The quantitative estimate of drug-likeness (QED) is 0.305. The van der Waals surface area contributed by atoms with Gasteiger partial charge in [0.2, 0.25) is 0 Å². The Morgan fingerprint density at radius 3 is 2.86 bits per heavy atom. The van der Waals surface area contributed by atoms with Gasteiger partial charge in [-0.1, -0.05) is 37.6 Å². The maximum absolute atomic E-state index is 11.7. The van der Waals surface area contributed by atoms with Crippen LogP contribution in [0.3, 0.4) is 0 Å². The number of ether oxygens (including phenoxy) is 2. The van der Waals surface area contributed by atoms with Gasteiger partial charge in [0, 0.05) is 5.92 Å². The summed E-state index contributed by atoms with van der Waals surface area (Å²) in [4.78, 5) is 23.2. The number of allylic oxidation sites excluding steroid dienone is 3. The van der Waals surface area contributed by atoms with Gasteiger partial charge in [0.15, 0.2) is 11.9 Å². The van der Waals surface area contributed by atoms with Crippen LogP contribution in [0.4, 0.5) is 4.79 Å². The SMILES string of the molecule is CC/C=C\CCCOC(=O)OC1(C=O)CCC(C)=CC1C. The lowest BCUT2D eigenvalue weighted by molar-refractivity contribution is -0.133. The first-order chi connectivity index (χ1) is 10.0. The molecule has 0 saturated carbocycles. The predicted octanol–water partition coefficient (Wildman–Crippen LogP) is 4.20. The third kappa shape index (κ3) is 5.37. The predicted molar refractivity (Wildman–Crippen MR) is 82.0 cm³/mol. The highest BCUT2D eigenvalue weighted by molar-refractivity contribution is 5.71. The van der Waals surface area contributed by atoms with E-state index in [1.165, 1.54) is 5.57 Å². The lowest BCUT2D eigenvalue weighted by Gasteiger charge is -2.35. The minimum absolute atomic E-state index is 0.121. The number of rotatable bonds is 7. The second kappa shape index (κ2) is 8.65. The molecule has 0 N–H and O–H groups in total. The maximum atomic E-state index is 11.7. The summed E-state index contributed by atoms with van der Waals surface area (Å²) in [6, 6.07) is 0. The van der Waals surface area contributed by atoms with E-state index in [2.05, 4.69) is 19.1 Å². The van der Waals surface area contributed by atoms with Crippen molar-refractivity contribution < 1.29 is 19.1 Å². The van der Waals surface area contributed by atoms with Gasteiger partial charge < -0.3 is 9.47 Å². The molecule has 21 heavy (non-hydrogen) atoms. The van der Waals surface area contributed by atoms with E-state index in [0.717, 1.165) is 32.0 Å². The van der Waals surface area contributed by atoms with Crippen LogP contribution in [0, 0.1) is 5.92 Å². The van der Waals surface area contributed by atoms with Gasteiger partial charge in [-0.3, -0.25) is 4.79 Å². The Bertz CT molecular complexity index is 411. The Kier molecular flexibility index (Phi) is 7.20. The minimum Gasteiger partial charge on any atom is -0.434 e. The molecule has 0 fully saturated rings.